The molecule has 0 amide bonds. The minimum Gasteiger partial charge on any atom is -0.481 e. The van der Waals surface area contributed by atoms with Gasteiger partial charge in [0.2, 0.25) is 11.0 Å². The molecule has 0 aliphatic carbocycles. The van der Waals surface area contributed by atoms with Crippen LogP contribution in [-0.2, 0) is 16.1 Å². The largest absolute Gasteiger partial charge is 0.481 e. The molecule has 8 nitrogen and oxygen atoms in total. The molecule has 2 heterocycles. The Kier molecular flexibility index (Phi) is 4.29. The van der Waals surface area contributed by atoms with Gasteiger partial charge in [0.1, 0.15) is 11.6 Å². The molecule has 0 radical (unpaired) electrons. The third-order valence-corrected chi connectivity index (χ3v) is 3.02. The molecule has 0 N–H and O–H groups in total. The summed E-state index contributed by atoms with van der Waals surface area (Å²) in [5.74, 6) is 0.0738. The van der Waals surface area contributed by atoms with Crippen LogP contribution in [0.5, 0.6) is 5.88 Å². The molecule has 0 saturated heterocycles. The summed E-state index contributed by atoms with van der Waals surface area (Å²) in [5.41, 5.74) is 0. The lowest BCUT2D eigenvalue weighted by Gasteiger charge is -2.03. The molecule has 0 aliphatic heterocycles. The van der Waals surface area contributed by atoms with Crippen LogP contribution in [0.25, 0.3) is 0 Å². The Morgan fingerprint density at radius 1 is 1.42 bits per heavy atom. The van der Waals surface area contributed by atoms with E-state index < -0.39 is 5.97 Å². The van der Waals surface area contributed by atoms with Crippen LogP contribution in [0.2, 0.25) is 0 Å². The number of rotatable bonds is 5. The molecule has 0 aliphatic rings. The zero-order valence-corrected chi connectivity index (χ0v) is 11.1. The van der Waals surface area contributed by atoms with Gasteiger partial charge in [-0.05, 0) is 28.3 Å². The van der Waals surface area contributed by atoms with Crippen molar-refractivity contribution >= 4 is 17.7 Å². The van der Waals surface area contributed by atoms with Crippen molar-refractivity contribution in [2.45, 2.75) is 16.7 Å². The lowest BCUT2D eigenvalue weighted by molar-refractivity contribution is -0.141. The van der Waals surface area contributed by atoms with E-state index in [0.717, 1.165) is 0 Å². The highest BCUT2D eigenvalue weighted by molar-refractivity contribution is 7.99. The maximum atomic E-state index is 11.2. The molecule has 2 aromatic heterocycles. The fourth-order valence-electron chi connectivity index (χ4n) is 1.22. The van der Waals surface area contributed by atoms with Gasteiger partial charge >= 0.3 is 5.97 Å². The Morgan fingerprint density at radius 2 is 2.26 bits per heavy atom. The molecule has 2 aromatic rings. The van der Waals surface area contributed by atoms with Gasteiger partial charge in [-0.25, -0.2) is 9.67 Å². The van der Waals surface area contributed by atoms with Crippen molar-refractivity contribution in [1.29, 1.82) is 0 Å². The van der Waals surface area contributed by atoms with Crippen LogP contribution in [0.1, 0.15) is 0 Å². The Labute approximate surface area is 113 Å². The zero-order chi connectivity index (χ0) is 13.7. The lowest BCUT2D eigenvalue weighted by atomic mass is 10.5. The van der Waals surface area contributed by atoms with Crippen molar-refractivity contribution in [3.8, 4) is 5.88 Å². The predicted octanol–water partition coefficient (Wildman–Crippen LogP) is 0.401. The van der Waals surface area contributed by atoms with Crippen LogP contribution < -0.4 is 4.74 Å². The van der Waals surface area contributed by atoms with E-state index in [2.05, 4.69) is 25.2 Å². The highest BCUT2D eigenvalue weighted by Gasteiger charge is 2.12. The molecule has 0 atom stereocenters. The van der Waals surface area contributed by atoms with Crippen molar-refractivity contribution in [2.75, 3.05) is 14.2 Å². The minimum atomic E-state index is -0.423. The van der Waals surface area contributed by atoms with E-state index >= 15 is 0 Å². The van der Waals surface area contributed by atoms with Crippen LogP contribution in [0.3, 0.4) is 0 Å². The van der Waals surface area contributed by atoms with Crippen LogP contribution in [0.15, 0.2) is 28.4 Å². The van der Waals surface area contributed by atoms with Crippen LogP contribution in [-0.4, -0.2) is 45.4 Å². The lowest BCUT2D eigenvalue weighted by Crippen LogP contribution is -2.13. The molecule has 0 saturated carbocycles. The van der Waals surface area contributed by atoms with Gasteiger partial charge in [-0.3, -0.25) is 4.79 Å². The van der Waals surface area contributed by atoms with Crippen LogP contribution in [0.4, 0.5) is 0 Å². The Morgan fingerprint density at radius 3 is 3.00 bits per heavy atom. The number of hydrogen-bond acceptors (Lipinski definition) is 8. The van der Waals surface area contributed by atoms with Gasteiger partial charge in [-0.1, -0.05) is 6.07 Å². The number of ether oxygens (including phenoxy) is 2. The second-order valence-electron chi connectivity index (χ2n) is 3.32. The summed E-state index contributed by atoms with van der Waals surface area (Å²) in [4.78, 5) is 15.4. The van der Waals surface area contributed by atoms with Gasteiger partial charge in [-0.15, -0.1) is 5.10 Å². The SMILES string of the molecule is COC(=O)Cn1nnnc1Sc1cccc(OC)n1. The average Bonchev–Trinajstić information content (AvgIpc) is 2.86. The van der Waals surface area contributed by atoms with Crippen LogP contribution in [0, 0.1) is 0 Å². The normalized spacial score (nSPS) is 10.2. The fourth-order valence-corrected chi connectivity index (χ4v) is 1.97. The summed E-state index contributed by atoms with van der Waals surface area (Å²) >= 11 is 1.23. The molecule has 0 unspecified atom stereocenters. The van der Waals surface area contributed by atoms with Crippen molar-refractivity contribution in [2.24, 2.45) is 0 Å². The van der Waals surface area contributed by atoms with E-state index in [1.54, 1.807) is 12.1 Å². The van der Waals surface area contributed by atoms with Gasteiger partial charge < -0.3 is 9.47 Å². The standard InChI is InChI=1S/C10H11N5O3S/c1-17-7-4-3-5-8(11-7)19-10-12-13-14-15(10)6-9(16)18-2/h3-5H,6H2,1-2H3. The minimum absolute atomic E-state index is 0.0458. The molecular formula is C10H11N5O3S. The number of carbonyl (C=O) groups excluding carboxylic acids is 1. The predicted molar refractivity (Wildman–Crippen MR) is 64.7 cm³/mol. The molecular weight excluding hydrogens is 270 g/mol. The van der Waals surface area contributed by atoms with Gasteiger partial charge in [0.15, 0.2) is 0 Å². The average molecular weight is 281 g/mol. The topological polar surface area (TPSA) is 92.0 Å². The van der Waals surface area contributed by atoms with Gasteiger partial charge in [-0.2, -0.15) is 0 Å². The number of esters is 1. The van der Waals surface area contributed by atoms with Crippen molar-refractivity contribution in [3.05, 3.63) is 18.2 Å². The zero-order valence-electron chi connectivity index (χ0n) is 10.3. The van der Waals surface area contributed by atoms with E-state index in [1.807, 2.05) is 6.07 Å². The number of nitrogens with zero attached hydrogens (tertiary/aromatic N) is 5. The fraction of sp³-hybridized carbons (Fsp3) is 0.300. The van der Waals surface area contributed by atoms with Gasteiger partial charge in [0.05, 0.1) is 14.2 Å². The second kappa shape index (κ2) is 6.14. The molecule has 9 heteroatoms. The highest BCUT2D eigenvalue weighted by atomic mass is 32.2. The third kappa shape index (κ3) is 3.41. The van der Waals surface area contributed by atoms with E-state index in [4.69, 9.17) is 4.74 Å². The van der Waals surface area contributed by atoms with E-state index in [1.165, 1.54) is 30.7 Å². The summed E-state index contributed by atoms with van der Waals surface area (Å²) in [6, 6.07) is 5.34. The molecule has 0 bridgehead atoms. The summed E-state index contributed by atoms with van der Waals surface area (Å²) < 4.78 is 10.9. The maximum Gasteiger partial charge on any atom is 0.327 e. The Balaban J connectivity index is 2.14. The molecule has 0 fully saturated rings. The van der Waals surface area contributed by atoms with Crippen molar-refractivity contribution in [3.63, 3.8) is 0 Å². The van der Waals surface area contributed by atoms with Gasteiger partial charge in [0.25, 0.3) is 0 Å². The first kappa shape index (κ1) is 13.3. The summed E-state index contributed by atoms with van der Waals surface area (Å²) in [7, 11) is 2.85. The first-order valence-electron chi connectivity index (χ1n) is 5.25. The number of hydrogen-bond donors (Lipinski definition) is 0. The van der Waals surface area contributed by atoms with Crippen molar-refractivity contribution in [1.82, 2.24) is 25.2 Å². The smallest absolute Gasteiger partial charge is 0.327 e. The number of methoxy groups -OCH3 is 2. The molecule has 0 spiro atoms. The van der Waals surface area contributed by atoms with Crippen LogP contribution >= 0.6 is 11.8 Å². The molecule has 19 heavy (non-hydrogen) atoms. The number of pyridine rings is 1. The number of tetrazole rings is 1. The Bertz CT molecular complexity index is 574. The van der Waals surface area contributed by atoms with Gasteiger partial charge in [0, 0.05) is 6.07 Å². The summed E-state index contributed by atoms with van der Waals surface area (Å²) in [6.07, 6.45) is 0. The molecule has 2 rings (SSSR count). The summed E-state index contributed by atoms with van der Waals surface area (Å²) in [6.45, 7) is -0.0458. The number of carbonyl (C=O) groups is 1. The summed E-state index contributed by atoms with van der Waals surface area (Å²) in [5, 5.41) is 12.2. The third-order valence-electron chi connectivity index (χ3n) is 2.11. The first-order valence-corrected chi connectivity index (χ1v) is 6.06. The Hall–Kier alpha value is -2.16. The molecule has 0 aromatic carbocycles. The first-order chi connectivity index (χ1) is 9.22. The van der Waals surface area contributed by atoms with E-state index in [-0.39, 0.29) is 6.54 Å². The van der Waals surface area contributed by atoms with E-state index in [9.17, 15) is 4.79 Å². The maximum absolute atomic E-state index is 11.2. The van der Waals surface area contributed by atoms with E-state index in [0.29, 0.717) is 16.1 Å². The highest BCUT2D eigenvalue weighted by Crippen LogP contribution is 2.24. The number of aromatic nitrogens is 5. The molecule has 100 valence electrons. The van der Waals surface area contributed by atoms with Crippen molar-refractivity contribution < 1.29 is 14.3 Å². The second-order valence-corrected chi connectivity index (χ2v) is 4.30. The monoisotopic (exact) mass is 281 g/mol. The quantitative estimate of drug-likeness (QED) is 0.727.